The minimum absolute atomic E-state index is 0.0941. The van der Waals surface area contributed by atoms with Crippen molar-refractivity contribution in [1.29, 1.82) is 0 Å². The number of phenols is 1. The smallest absolute Gasteiger partial charge is 0.242 e. The summed E-state index contributed by atoms with van der Waals surface area (Å²) >= 11 is 0. The van der Waals surface area contributed by atoms with Gasteiger partial charge in [0.2, 0.25) is 5.91 Å². The number of aromatic hydroxyl groups is 1. The van der Waals surface area contributed by atoms with Crippen molar-refractivity contribution in [2.24, 2.45) is 5.73 Å². The van der Waals surface area contributed by atoms with Crippen molar-refractivity contribution in [3.63, 3.8) is 0 Å². The SMILES string of the molecule is CCC(C)(N)C(=O)N(C)Cc1cccc(O)c1. The Hall–Kier alpha value is -1.55. The van der Waals surface area contributed by atoms with E-state index in [1.165, 1.54) is 0 Å². The summed E-state index contributed by atoms with van der Waals surface area (Å²) < 4.78 is 0. The summed E-state index contributed by atoms with van der Waals surface area (Å²) in [6.07, 6.45) is 0.593. The van der Waals surface area contributed by atoms with Gasteiger partial charge in [-0.2, -0.15) is 0 Å². The summed E-state index contributed by atoms with van der Waals surface area (Å²) in [4.78, 5) is 13.6. The Morgan fingerprint density at radius 1 is 1.53 bits per heavy atom. The molecule has 1 amide bonds. The Morgan fingerprint density at radius 3 is 2.71 bits per heavy atom. The summed E-state index contributed by atoms with van der Waals surface area (Å²) in [5, 5.41) is 9.34. The molecule has 1 rings (SSSR count). The second-order valence-corrected chi connectivity index (χ2v) is 4.60. The quantitative estimate of drug-likeness (QED) is 0.832. The van der Waals surface area contributed by atoms with Gasteiger partial charge in [-0.3, -0.25) is 4.79 Å². The minimum atomic E-state index is -0.828. The van der Waals surface area contributed by atoms with E-state index in [-0.39, 0.29) is 11.7 Å². The molecule has 1 aromatic carbocycles. The minimum Gasteiger partial charge on any atom is -0.508 e. The van der Waals surface area contributed by atoms with Crippen molar-refractivity contribution in [3.05, 3.63) is 29.8 Å². The van der Waals surface area contributed by atoms with Crippen LogP contribution >= 0.6 is 0 Å². The van der Waals surface area contributed by atoms with Crippen molar-refractivity contribution in [2.75, 3.05) is 7.05 Å². The molecule has 1 atom stereocenters. The number of benzene rings is 1. The van der Waals surface area contributed by atoms with E-state index in [0.717, 1.165) is 5.56 Å². The average molecular weight is 236 g/mol. The summed E-state index contributed by atoms with van der Waals surface area (Å²) in [7, 11) is 1.72. The van der Waals surface area contributed by atoms with Crippen LogP contribution < -0.4 is 5.73 Å². The van der Waals surface area contributed by atoms with Crippen molar-refractivity contribution >= 4 is 5.91 Å². The molecule has 94 valence electrons. The summed E-state index contributed by atoms with van der Waals surface area (Å²) in [6, 6.07) is 6.86. The van der Waals surface area contributed by atoms with E-state index in [1.807, 2.05) is 13.0 Å². The predicted octanol–water partition coefficient (Wildman–Crippen LogP) is 1.48. The zero-order valence-corrected chi connectivity index (χ0v) is 10.6. The Labute approximate surface area is 102 Å². The van der Waals surface area contributed by atoms with Crippen LogP contribution in [0.5, 0.6) is 5.75 Å². The van der Waals surface area contributed by atoms with E-state index in [4.69, 9.17) is 5.73 Å². The van der Waals surface area contributed by atoms with Crippen LogP contribution in [0.25, 0.3) is 0 Å². The number of phenolic OH excluding ortho intramolecular Hbond substituents is 1. The number of hydrogen-bond donors (Lipinski definition) is 2. The lowest BCUT2D eigenvalue weighted by Crippen LogP contribution is -2.51. The molecule has 0 aliphatic rings. The van der Waals surface area contributed by atoms with Crippen LogP contribution in [0.15, 0.2) is 24.3 Å². The van der Waals surface area contributed by atoms with Crippen LogP contribution in [0.4, 0.5) is 0 Å². The van der Waals surface area contributed by atoms with Gasteiger partial charge >= 0.3 is 0 Å². The summed E-state index contributed by atoms with van der Waals surface area (Å²) in [5.41, 5.74) is 5.96. The third-order valence-corrected chi connectivity index (χ3v) is 2.90. The monoisotopic (exact) mass is 236 g/mol. The zero-order valence-electron chi connectivity index (χ0n) is 10.6. The van der Waals surface area contributed by atoms with E-state index < -0.39 is 5.54 Å². The highest BCUT2D eigenvalue weighted by molar-refractivity contribution is 5.85. The largest absolute Gasteiger partial charge is 0.508 e. The lowest BCUT2D eigenvalue weighted by atomic mass is 9.98. The molecule has 0 aliphatic carbocycles. The molecular formula is C13H20N2O2. The molecule has 0 spiro atoms. The summed E-state index contributed by atoms with van der Waals surface area (Å²) in [5.74, 6) is 0.109. The van der Waals surface area contributed by atoms with Gasteiger partial charge in [-0.1, -0.05) is 19.1 Å². The van der Waals surface area contributed by atoms with Crippen LogP contribution in [0, 0.1) is 0 Å². The first-order chi connectivity index (χ1) is 7.86. The van der Waals surface area contributed by atoms with Gasteiger partial charge in [0.05, 0.1) is 5.54 Å². The average Bonchev–Trinajstić information content (AvgIpc) is 2.28. The Morgan fingerprint density at radius 2 is 2.18 bits per heavy atom. The molecule has 3 N–H and O–H groups in total. The first kappa shape index (κ1) is 13.5. The number of hydrogen-bond acceptors (Lipinski definition) is 3. The number of nitrogens with zero attached hydrogens (tertiary/aromatic N) is 1. The third kappa shape index (κ3) is 3.46. The molecule has 0 saturated carbocycles. The Kier molecular flexibility index (Phi) is 4.12. The second kappa shape index (κ2) is 5.19. The van der Waals surface area contributed by atoms with E-state index in [2.05, 4.69) is 0 Å². The van der Waals surface area contributed by atoms with Gasteiger partial charge in [-0.25, -0.2) is 0 Å². The number of carbonyl (C=O) groups is 1. The molecule has 0 saturated heterocycles. The highest BCUT2D eigenvalue weighted by Crippen LogP contribution is 2.15. The Balaban J connectivity index is 2.73. The second-order valence-electron chi connectivity index (χ2n) is 4.60. The van der Waals surface area contributed by atoms with E-state index in [9.17, 15) is 9.90 Å². The van der Waals surface area contributed by atoms with Crippen LogP contribution in [-0.2, 0) is 11.3 Å². The van der Waals surface area contributed by atoms with Crippen LogP contribution in [0.3, 0.4) is 0 Å². The zero-order chi connectivity index (χ0) is 13.1. The van der Waals surface area contributed by atoms with Gasteiger partial charge in [0.1, 0.15) is 5.75 Å². The summed E-state index contributed by atoms with van der Waals surface area (Å²) in [6.45, 7) is 4.06. The van der Waals surface area contributed by atoms with Crippen molar-refractivity contribution < 1.29 is 9.90 Å². The first-order valence-electron chi connectivity index (χ1n) is 5.69. The van der Waals surface area contributed by atoms with Crippen molar-refractivity contribution in [1.82, 2.24) is 4.90 Å². The molecule has 4 nitrogen and oxygen atoms in total. The van der Waals surface area contributed by atoms with Gasteiger partial charge in [-0.15, -0.1) is 0 Å². The molecular weight excluding hydrogens is 216 g/mol. The molecule has 17 heavy (non-hydrogen) atoms. The lowest BCUT2D eigenvalue weighted by molar-refractivity contribution is -0.135. The van der Waals surface area contributed by atoms with Crippen LogP contribution in [0.1, 0.15) is 25.8 Å². The third-order valence-electron chi connectivity index (χ3n) is 2.90. The number of rotatable bonds is 4. The molecule has 0 aliphatic heterocycles. The predicted molar refractivity (Wildman–Crippen MR) is 67.5 cm³/mol. The van der Waals surface area contributed by atoms with Crippen LogP contribution in [-0.4, -0.2) is 28.5 Å². The maximum Gasteiger partial charge on any atom is 0.242 e. The number of likely N-dealkylation sites (N-methyl/N-ethyl adjacent to an activating group) is 1. The molecule has 0 heterocycles. The van der Waals surface area contributed by atoms with E-state index in [1.54, 1.807) is 37.1 Å². The van der Waals surface area contributed by atoms with Gasteiger partial charge in [0.25, 0.3) is 0 Å². The highest BCUT2D eigenvalue weighted by Gasteiger charge is 2.28. The van der Waals surface area contributed by atoms with Crippen LogP contribution in [0.2, 0.25) is 0 Å². The van der Waals surface area contributed by atoms with Gasteiger partial charge in [0.15, 0.2) is 0 Å². The topological polar surface area (TPSA) is 66.6 Å². The van der Waals surface area contributed by atoms with Crippen molar-refractivity contribution in [3.8, 4) is 5.75 Å². The maximum absolute atomic E-state index is 12.0. The van der Waals surface area contributed by atoms with Gasteiger partial charge in [-0.05, 0) is 31.0 Å². The van der Waals surface area contributed by atoms with Gasteiger partial charge < -0.3 is 15.7 Å². The standard InChI is InChI=1S/C13H20N2O2/c1-4-13(2,14)12(17)15(3)9-10-6-5-7-11(16)8-10/h5-8,16H,4,9,14H2,1-3H3. The molecule has 4 heteroatoms. The number of amides is 1. The number of nitrogens with two attached hydrogens (primary N) is 1. The molecule has 1 aromatic rings. The first-order valence-corrected chi connectivity index (χ1v) is 5.69. The van der Waals surface area contributed by atoms with E-state index >= 15 is 0 Å². The van der Waals surface area contributed by atoms with Gasteiger partial charge in [0, 0.05) is 13.6 Å². The fourth-order valence-corrected chi connectivity index (χ4v) is 1.59. The Bertz CT molecular complexity index is 402. The molecule has 0 radical (unpaired) electrons. The maximum atomic E-state index is 12.0. The molecule has 1 unspecified atom stereocenters. The molecule has 0 fully saturated rings. The fraction of sp³-hybridized carbons (Fsp3) is 0.462. The molecule has 0 bridgehead atoms. The number of carbonyl (C=O) groups excluding carboxylic acids is 1. The normalized spacial score (nSPS) is 14.1. The van der Waals surface area contributed by atoms with E-state index in [0.29, 0.717) is 13.0 Å². The van der Waals surface area contributed by atoms with Crippen molar-refractivity contribution in [2.45, 2.75) is 32.4 Å². The lowest BCUT2D eigenvalue weighted by Gasteiger charge is -2.28. The molecule has 0 aromatic heterocycles. The highest BCUT2D eigenvalue weighted by atomic mass is 16.3. The fourth-order valence-electron chi connectivity index (χ4n) is 1.59.